The van der Waals surface area contributed by atoms with Crippen molar-refractivity contribution in [2.75, 3.05) is 0 Å². The van der Waals surface area contributed by atoms with E-state index in [-0.39, 0.29) is 10.6 Å². The molecule has 0 radical (unpaired) electrons. The van der Waals surface area contributed by atoms with E-state index in [1.54, 1.807) is 0 Å². The molecule has 0 atom stereocenters. The van der Waals surface area contributed by atoms with Crippen LogP contribution in [0.15, 0.2) is 24.4 Å². The zero-order chi connectivity index (χ0) is 11.7. The quantitative estimate of drug-likeness (QED) is 0.843. The van der Waals surface area contributed by atoms with E-state index < -0.39 is 11.8 Å². The molecule has 4 nitrogen and oxygen atoms in total. The average Bonchev–Trinajstić information content (AvgIpc) is 2.64. The van der Waals surface area contributed by atoms with E-state index in [1.165, 1.54) is 18.3 Å². The molecular weight excluding hydrogens is 233 g/mol. The largest absolute Gasteiger partial charge is 0.508 e. The number of phenols is 1. The maximum absolute atomic E-state index is 13.0. The van der Waals surface area contributed by atoms with E-state index in [4.69, 9.17) is 5.11 Å². The average molecular weight is 239 g/mol. The molecule has 1 heterocycles. The van der Waals surface area contributed by atoms with Crippen LogP contribution >= 0.6 is 11.3 Å². The van der Waals surface area contributed by atoms with Crippen LogP contribution in [0.4, 0.5) is 4.39 Å². The van der Waals surface area contributed by atoms with Gasteiger partial charge in [0.25, 0.3) is 0 Å². The van der Waals surface area contributed by atoms with Crippen LogP contribution in [0, 0.1) is 5.82 Å². The van der Waals surface area contributed by atoms with Crippen molar-refractivity contribution in [2.45, 2.75) is 0 Å². The van der Waals surface area contributed by atoms with Crippen LogP contribution in [0.1, 0.15) is 9.67 Å². The van der Waals surface area contributed by atoms with Gasteiger partial charge < -0.3 is 10.2 Å². The van der Waals surface area contributed by atoms with E-state index in [1.807, 2.05) is 0 Å². The maximum Gasteiger partial charge on any atom is 0.347 e. The van der Waals surface area contributed by atoms with Crippen LogP contribution in [-0.2, 0) is 0 Å². The Morgan fingerprint density at radius 2 is 2.12 bits per heavy atom. The molecule has 2 rings (SSSR count). The number of halogens is 1. The van der Waals surface area contributed by atoms with Crippen molar-refractivity contribution in [2.24, 2.45) is 0 Å². The van der Waals surface area contributed by atoms with E-state index in [0.29, 0.717) is 10.6 Å². The predicted octanol–water partition coefficient (Wildman–Crippen LogP) is 2.35. The van der Waals surface area contributed by atoms with Crippen molar-refractivity contribution in [3.05, 3.63) is 35.1 Å². The second kappa shape index (κ2) is 3.90. The molecule has 0 aliphatic rings. The number of aromatic carboxylic acids is 1. The number of hydrogen-bond donors (Lipinski definition) is 2. The minimum atomic E-state index is -1.08. The van der Waals surface area contributed by atoms with Crippen LogP contribution in [0.5, 0.6) is 5.75 Å². The molecule has 0 amide bonds. The fourth-order valence-corrected chi connectivity index (χ4v) is 1.95. The Kier molecular flexibility index (Phi) is 2.57. The number of nitrogens with zero attached hydrogens (tertiary/aromatic N) is 1. The zero-order valence-corrected chi connectivity index (χ0v) is 8.66. The molecule has 16 heavy (non-hydrogen) atoms. The van der Waals surface area contributed by atoms with Gasteiger partial charge in [0.1, 0.15) is 21.5 Å². The minimum Gasteiger partial charge on any atom is -0.508 e. The Balaban J connectivity index is 2.46. The molecule has 6 heteroatoms. The molecule has 0 aliphatic carbocycles. The first-order chi connectivity index (χ1) is 7.56. The van der Waals surface area contributed by atoms with Gasteiger partial charge in [-0.2, -0.15) is 0 Å². The van der Waals surface area contributed by atoms with Gasteiger partial charge in [0.2, 0.25) is 0 Å². The summed E-state index contributed by atoms with van der Waals surface area (Å²) in [6, 6.07) is 3.48. The number of carboxylic acid groups (broad SMARTS) is 1. The van der Waals surface area contributed by atoms with Crippen LogP contribution < -0.4 is 0 Å². The molecule has 0 saturated carbocycles. The van der Waals surface area contributed by atoms with Crippen LogP contribution in [0.25, 0.3) is 10.6 Å². The summed E-state index contributed by atoms with van der Waals surface area (Å²) in [5.74, 6) is -1.89. The van der Waals surface area contributed by atoms with Gasteiger partial charge in [-0.3, -0.25) is 0 Å². The molecule has 0 unspecified atom stereocenters. The highest BCUT2D eigenvalue weighted by Gasteiger charge is 2.11. The van der Waals surface area contributed by atoms with E-state index in [9.17, 15) is 14.3 Å². The zero-order valence-electron chi connectivity index (χ0n) is 7.85. The van der Waals surface area contributed by atoms with E-state index in [0.717, 1.165) is 17.4 Å². The fraction of sp³-hybridized carbons (Fsp3) is 0. The molecule has 1 aromatic carbocycles. The van der Waals surface area contributed by atoms with Gasteiger partial charge in [0.05, 0.1) is 6.20 Å². The second-order valence-corrected chi connectivity index (χ2v) is 4.06. The van der Waals surface area contributed by atoms with Gasteiger partial charge in [0.15, 0.2) is 0 Å². The van der Waals surface area contributed by atoms with Crippen LogP contribution in [0.2, 0.25) is 0 Å². The number of carboxylic acids is 1. The van der Waals surface area contributed by atoms with Crippen molar-refractivity contribution in [3.63, 3.8) is 0 Å². The summed E-state index contributed by atoms with van der Waals surface area (Å²) in [6.45, 7) is 0. The summed E-state index contributed by atoms with van der Waals surface area (Å²) in [4.78, 5) is 14.5. The standard InChI is InChI=1S/C10H6FNO3S/c11-6-1-5(2-7(13)3-6)9-12-4-8(16-9)10(14)15/h1-4,13H,(H,14,15). The summed E-state index contributed by atoms with van der Waals surface area (Å²) >= 11 is 0.923. The third-order valence-corrected chi connectivity index (χ3v) is 2.88. The highest BCUT2D eigenvalue weighted by atomic mass is 32.1. The minimum absolute atomic E-state index is 0.0683. The molecule has 0 fully saturated rings. The highest BCUT2D eigenvalue weighted by molar-refractivity contribution is 7.16. The number of thiazole rings is 1. The van der Waals surface area contributed by atoms with Gasteiger partial charge in [-0.15, -0.1) is 11.3 Å². The number of carbonyl (C=O) groups is 1. The Morgan fingerprint density at radius 3 is 2.69 bits per heavy atom. The predicted molar refractivity (Wildman–Crippen MR) is 56.1 cm³/mol. The highest BCUT2D eigenvalue weighted by Crippen LogP contribution is 2.28. The lowest BCUT2D eigenvalue weighted by molar-refractivity contribution is 0.0702. The monoisotopic (exact) mass is 239 g/mol. The first-order valence-electron chi connectivity index (χ1n) is 4.25. The van der Waals surface area contributed by atoms with Gasteiger partial charge in [-0.25, -0.2) is 14.2 Å². The summed E-state index contributed by atoms with van der Waals surface area (Å²) in [7, 11) is 0. The van der Waals surface area contributed by atoms with Crippen molar-refractivity contribution in [1.29, 1.82) is 0 Å². The second-order valence-electron chi connectivity index (χ2n) is 3.03. The Labute approximate surface area is 93.6 Å². The molecule has 0 saturated heterocycles. The lowest BCUT2D eigenvalue weighted by Gasteiger charge is -1.97. The maximum atomic E-state index is 13.0. The molecule has 2 aromatic rings. The van der Waals surface area contributed by atoms with Gasteiger partial charge >= 0.3 is 5.97 Å². The molecule has 0 spiro atoms. The van der Waals surface area contributed by atoms with Crippen LogP contribution in [-0.4, -0.2) is 21.2 Å². The van der Waals surface area contributed by atoms with E-state index >= 15 is 0 Å². The first-order valence-corrected chi connectivity index (χ1v) is 5.07. The third kappa shape index (κ3) is 2.01. The lowest BCUT2D eigenvalue weighted by atomic mass is 10.2. The Bertz CT molecular complexity index is 532. The summed E-state index contributed by atoms with van der Waals surface area (Å²) < 4.78 is 13.0. The first kappa shape index (κ1) is 10.6. The summed E-state index contributed by atoms with van der Waals surface area (Å²) in [5, 5.41) is 18.2. The topological polar surface area (TPSA) is 70.4 Å². The Hall–Kier alpha value is -1.95. The molecule has 1 aromatic heterocycles. The van der Waals surface area contributed by atoms with Gasteiger partial charge in [-0.05, 0) is 12.1 Å². The van der Waals surface area contributed by atoms with Gasteiger partial charge in [-0.1, -0.05) is 0 Å². The molecule has 2 N–H and O–H groups in total. The number of aromatic hydroxyl groups is 1. The SMILES string of the molecule is O=C(O)c1cnc(-c2cc(O)cc(F)c2)s1. The van der Waals surface area contributed by atoms with Crippen molar-refractivity contribution in [1.82, 2.24) is 4.98 Å². The number of benzene rings is 1. The number of hydrogen-bond acceptors (Lipinski definition) is 4. The number of phenolic OH excluding ortho intramolecular Hbond substituents is 1. The Morgan fingerprint density at radius 1 is 1.38 bits per heavy atom. The fourth-order valence-electron chi connectivity index (χ4n) is 1.20. The number of rotatable bonds is 2. The third-order valence-electron chi connectivity index (χ3n) is 1.85. The lowest BCUT2D eigenvalue weighted by Crippen LogP contribution is -1.89. The molecule has 82 valence electrons. The summed E-state index contributed by atoms with van der Waals surface area (Å²) in [5.41, 5.74) is 0.356. The van der Waals surface area contributed by atoms with Crippen LogP contribution in [0.3, 0.4) is 0 Å². The number of aromatic nitrogens is 1. The van der Waals surface area contributed by atoms with Crippen molar-refractivity contribution < 1.29 is 19.4 Å². The normalized spacial score (nSPS) is 10.3. The van der Waals surface area contributed by atoms with Gasteiger partial charge in [0, 0.05) is 11.6 Å². The van der Waals surface area contributed by atoms with Crippen molar-refractivity contribution >= 4 is 17.3 Å². The summed E-state index contributed by atoms with van der Waals surface area (Å²) in [6.07, 6.45) is 1.20. The smallest absolute Gasteiger partial charge is 0.347 e. The van der Waals surface area contributed by atoms with E-state index in [2.05, 4.69) is 4.98 Å². The molecule has 0 aliphatic heterocycles. The molecule has 0 bridgehead atoms. The van der Waals surface area contributed by atoms with Crippen molar-refractivity contribution in [3.8, 4) is 16.3 Å². The molecular formula is C10H6FNO3S.